The Hall–Kier alpha value is -2.16. The number of para-hydroxylation sites is 2. The number of phenols is 1. The number of piperazine rings is 1. The van der Waals surface area contributed by atoms with Gasteiger partial charge in [-0.05, 0) is 49.6 Å². The molecule has 7 heteroatoms. The molecule has 2 aromatic carbocycles. The SMILES string of the molecule is CCNC(=NCCCc1cccc(OC)c1)N1CCN(c2ccccc2O)CC1.I. The van der Waals surface area contributed by atoms with E-state index in [1.807, 2.05) is 30.3 Å². The fourth-order valence-electron chi connectivity index (χ4n) is 3.61. The normalized spacial score (nSPS) is 14.3. The van der Waals surface area contributed by atoms with Crippen LogP contribution < -0.4 is 15.0 Å². The molecule has 0 bridgehead atoms. The van der Waals surface area contributed by atoms with Crippen molar-refractivity contribution in [3.8, 4) is 11.5 Å². The molecule has 164 valence electrons. The summed E-state index contributed by atoms with van der Waals surface area (Å²) in [6, 6.07) is 15.8. The van der Waals surface area contributed by atoms with E-state index in [4.69, 9.17) is 9.73 Å². The molecule has 0 unspecified atom stereocenters. The molecule has 1 aliphatic heterocycles. The second-order valence-corrected chi connectivity index (χ2v) is 7.15. The zero-order valence-electron chi connectivity index (χ0n) is 17.9. The quantitative estimate of drug-likeness (QED) is 0.250. The number of phenolic OH excluding ortho intramolecular Hbond substituents is 1. The second-order valence-electron chi connectivity index (χ2n) is 7.15. The number of guanidine groups is 1. The Labute approximate surface area is 197 Å². The number of ether oxygens (including phenoxy) is 1. The number of hydrogen-bond donors (Lipinski definition) is 2. The number of hydrogen-bond acceptors (Lipinski definition) is 4. The van der Waals surface area contributed by atoms with E-state index in [1.165, 1.54) is 5.56 Å². The van der Waals surface area contributed by atoms with Crippen LogP contribution in [0.2, 0.25) is 0 Å². The number of rotatable bonds is 7. The number of aromatic hydroxyl groups is 1. The van der Waals surface area contributed by atoms with Gasteiger partial charge in [0.1, 0.15) is 11.5 Å². The number of nitrogens with zero attached hydrogens (tertiary/aromatic N) is 3. The third kappa shape index (κ3) is 6.68. The van der Waals surface area contributed by atoms with Gasteiger partial charge >= 0.3 is 0 Å². The lowest BCUT2D eigenvalue weighted by Crippen LogP contribution is -2.52. The van der Waals surface area contributed by atoms with Crippen molar-refractivity contribution in [3.05, 3.63) is 54.1 Å². The van der Waals surface area contributed by atoms with Gasteiger partial charge in [-0.3, -0.25) is 4.99 Å². The third-order valence-corrected chi connectivity index (χ3v) is 5.16. The molecule has 2 N–H and O–H groups in total. The summed E-state index contributed by atoms with van der Waals surface area (Å²) in [5.41, 5.74) is 2.19. The summed E-state index contributed by atoms with van der Waals surface area (Å²) in [7, 11) is 1.70. The maximum absolute atomic E-state index is 10.1. The summed E-state index contributed by atoms with van der Waals surface area (Å²) in [6.07, 6.45) is 1.99. The van der Waals surface area contributed by atoms with E-state index in [2.05, 4.69) is 34.2 Å². The minimum absolute atomic E-state index is 0. The third-order valence-electron chi connectivity index (χ3n) is 5.16. The number of benzene rings is 2. The molecular formula is C23H33IN4O2. The highest BCUT2D eigenvalue weighted by atomic mass is 127. The van der Waals surface area contributed by atoms with Crippen LogP contribution in [0.1, 0.15) is 18.9 Å². The predicted molar refractivity (Wildman–Crippen MR) is 135 cm³/mol. The topological polar surface area (TPSA) is 60.3 Å². The highest BCUT2D eigenvalue weighted by molar-refractivity contribution is 14.0. The molecule has 1 saturated heterocycles. The van der Waals surface area contributed by atoms with Crippen LogP contribution in [0.5, 0.6) is 11.5 Å². The first-order valence-corrected chi connectivity index (χ1v) is 10.4. The molecule has 1 heterocycles. The Morgan fingerprint density at radius 2 is 1.87 bits per heavy atom. The van der Waals surface area contributed by atoms with Gasteiger partial charge in [-0.15, -0.1) is 24.0 Å². The van der Waals surface area contributed by atoms with Crippen LogP contribution in [0.25, 0.3) is 0 Å². The standard InChI is InChI=1S/C23H32N4O2.HI/c1-3-24-23(25-13-7-9-19-8-6-10-20(18-19)29-2)27-16-14-26(15-17-27)21-11-4-5-12-22(21)28;/h4-6,8,10-12,18,28H,3,7,9,13-17H2,1-2H3,(H,24,25);1H. The van der Waals surface area contributed by atoms with Crippen LogP contribution >= 0.6 is 24.0 Å². The average Bonchev–Trinajstić information content (AvgIpc) is 2.76. The highest BCUT2D eigenvalue weighted by Gasteiger charge is 2.21. The molecule has 2 aromatic rings. The van der Waals surface area contributed by atoms with Gasteiger partial charge in [0.25, 0.3) is 0 Å². The van der Waals surface area contributed by atoms with E-state index in [0.717, 1.165) is 69.5 Å². The van der Waals surface area contributed by atoms with Crippen LogP contribution in [0.4, 0.5) is 5.69 Å². The summed E-state index contributed by atoms with van der Waals surface area (Å²) in [4.78, 5) is 9.39. The van der Waals surface area contributed by atoms with Gasteiger partial charge < -0.3 is 25.0 Å². The molecule has 0 aliphatic carbocycles. The van der Waals surface area contributed by atoms with Crippen molar-refractivity contribution in [2.24, 2.45) is 4.99 Å². The minimum atomic E-state index is 0. The maximum Gasteiger partial charge on any atom is 0.194 e. The van der Waals surface area contributed by atoms with Gasteiger partial charge in [-0.2, -0.15) is 0 Å². The molecule has 0 atom stereocenters. The highest BCUT2D eigenvalue weighted by Crippen LogP contribution is 2.27. The Bertz CT molecular complexity index is 807. The Morgan fingerprint density at radius 3 is 2.57 bits per heavy atom. The predicted octanol–water partition coefficient (Wildman–Crippen LogP) is 3.74. The minimum Gasteiger partial charge on any atom is -0.506 e. The van der Waals surface area contributed by atoms with E-state index >= 15 is 0 Å². The van der Waals surface area contributed by atoms with Crippen molar-refractivity contribution in [2.75, 3.05) is 51.3 Å². The molecule has 6 nitrogen and oxygen atoms in total. The van der Waals surface area contributed by atoms with Gasteiger partial charge in [0, 0.05) is 39.3 Å². The Kier molecular flexibility index (Phi) is 10.1. The molecule has 0 aromatic heterocycles. The molecular weight excluding hydrogens is 491 g/mol. The number of halogens is 1. The molecule has 1 fully saturated rings. The first-order chi connectivity index (χ1) is 14.2. The van der Waals surface area contributed by atoms with Crippen LogP contribution in [0, 0.1) is 0 Å². The Balaban J connectivity index is 0.00000320. The molecule has 30 heavy (non-hydrogen) atoms. The summed E-state index contributed by atoms with van der Waals surface area (Å²) >= 11 is 0. The van der Waals surface area contributed by atoms with Crippen LogP contribution in [0.3, 0.4) is 0 Å². The van der Waals surface area contributed by atoms with E-state index < -0.39 is 0 Å². The molecule has 0 spiro atoms. The fourth-order valence-corrected chi connectivity index (χ4v) is 3.61. The smallest absolute Gasteiger partial charge is 0.194 e. The lowest BCUT2D eigenvalue weighted by molar-refractivity contribution is 0.369. The molecule has 0 radical (unpaired) electrons. The van der Waals surface area contributed by atoms with Gasteiger partial charge in [0.05, 0.1) is 12.8 Å². The van der Waals surface area contributed by atoms with Crippen molar-refractivity contribution in [3.63, 3.8) is 0 Å². The van der Waals surface area contributed by atoms with Crippen LogP contribution in [0.15, 0.2) is 53.5 Å². The van der Waals surface area contributed by atoms with Crippen molar-refractivity contribution in [1.82, 2.24) is 10.2 Å². The number of nitrogens with one attached hydrogen (secondary N) is 1. The van der Waals surface area contributed by atoms with E-state index in [1.54, 1.807) is 13.2 Å². The van der Waals surface area contributed by atoms with E-state index in [-0.39, 0.29) is 24.0 Å². The summed E-state index contributed by atoms with van der Waals surface area (Å²) in [5, 5.41) is 13.5. The zero-order valence-corrected chi connectivity index (χ0v) is 20.2. The Morgan fingerprint density at radius 1 is 1.10 bits per heavy atom. The lowest BCUT2D eigenvalue weighted by atomic mass is 10.1. The molecule has 3 rings (SSSR count). The molecule has 0 amide bonds. The fraction of sp³-hybridized carbons (Fsp3) is 0.435. The maximum atomic E-state index is 10.1. The van der Waals surface area contributed by atoms with Gasteiger partial charge in [0.15, 0.2) is 5.96 Å². The second kappa shape index (κ2) is 12.5. The van der Waals surface area contributed by atoms with Crippen molar-refractivity contribution in [2.45, 2.75) is 19.8 Å². The summed E-state index contributed by atoms with van der Waals surface area (Å²) < 4.78 is 5.29. The number of aliphatic imine (C=N–C) groups is 1. The van der Waals surface area contributed by atoms with Crippen molar-refractivity contribution < 1.29 is 9.84 Å². The largest absolute Gasteiger partial charge is 0.506 e. The average molecular weight is 524 g/mol. The van der Waals surface area contributed by atoms with Crippen LogP contribution in [-0.2, 0) is 6.42 Å². The number of methoxy groups -OCH3 is 1. The summed E-state index contributed by atoms with van der Waals surface area (Å²) in [6.45, 7) is 7.25. The monoisotopic (exact) mass is 524 g/mol. The van der Waals surface area contributed by atoms with Crippen molar-refractivity contribution >= 4 is 35.6 Å². The molecule has 1 aliphatic rings. The van der Waals surface area contributed by atoms with Crippen molar-refractivity contribution in [1.29, 1.82) is 0 Å². The zero-order chi connectivity index (χ0) is 20.5. The van der Waals surface area contributed by atoms with Crippen LogP contribution in [-0.4, -0.2) is 62.3 Å². The first kappa shape index (κ1) is 24.1. The molecule has 0 saturated carbocycles. The first-order valence-electron chi connectivity index (χ1n) is 10.4. The van der Waals surface area contributed by atoms with Gasteiger partial charge in [-0.25, -0.2) is 0 Å². The van der Waals surface area contributed by atoms with E-state index in [0.29, 0.717) is 5.75 Å². The van der Waals surface area contributed by atoms with Gasteiger partial charge in [-0.1, -0.05) is 24.3 Å². The number of aryl methyl sites for hydroxylation is 1. The van der Waals surface area contributed by atoms with Gasteiger partial charge in [0.2, 0.25) is 0 Å². The lowest BCUT2D eigenvalue weighted by Gasteiger charge is -2.37. The van der Waals surface area contributed by atoms with E-state index in [9.17, 15) is 5.11 Å². The summed E-state index contributed by atoms with van der Waals surface area (Å²) in [5.74, 6) is 2.23. The number of anilines is 1.